The zero-order valence-electron chi connectivity index (χ0n) is 12.4. The number of likely N-dealkylation sites (N-methyl/N-ethyl adjacent to an activating group) is 1. The van der Waals surface area contributed by atoms with Crippen LogP contribution in [-0.4, -0.2) is 39.5 Å². The molecule has 0 unspecified atom stereocenters. The van der Waals surface area contributed by atoms with E-state index >= 15 is 0 Å². The second kappa shape index (κ2) is 5.90. The Bertz CT molecular complexity index is 611. The molecule has 1 aliphatic rings. The summed E-state index contributed by atoms with van der Waals surface area (Å²) in [5.74, 6) is -0.721. The van der Waals surface area contributed by atoms with Gasteiger partial charge in [-0.15, -0.1) is 0 Å². The van der Waals surface area contributed by atoms with Crippen molar-refractivity contribution in [2.45, 2.75) is 36.1 Å². The molecule has 0 aliphatic heterocycles. The van der Waals surface area contributed by atoms with Gasteiger partial charge in [-0.05, 0) is 45.1 Å². The second-order valence-electron chi connectivity index (χ2n) is 5.83. The first-order valence-corrected chi connectivity index (χ1v) is 8.47. The molecule has 7 heteroatoms. The van der Waals surface area contributed by atoms with Crippen LogP contribution >= 0.6 is 0 Å². The van der Waals surface area contributed by atoms with E-state index in [1.807, 2.05) is 14.1 Å². The third-order valence-electron chi connectivity index (χ3n) is 4.36. The molecular formula is C14H22FN3O2S. The van der Waals surface area contributed by atoms with E-state index in [0.29, 0.717) is 6.54 Å². The van der Waals surface area contributed by atoms with Crippen molar-refractivity contribution in [2.75, 3.05) is 26.4 Å². The molecule has 118 valence electrons. The Morgan fingerprint density at radius 2 is 1.95 bits per heavy atom. The van der Waals surface area contributed by atoms with Crippen LogP contribution in [0.1, 0.15) is 25.7 Å². The summed E-state index contributed by atoms with van der Waals surface area (Å²) in [7, 11) is 0.191. The Kier molecular flexibility index (Phi) is 4.55. The first kappa shape index (κ1) is 16.2. The van der Waals surface area contributed by atoms with Crippen LogP contribution in [0.25, 0.3) is 0 Å². The average molecular weight is 315 g/mol. The van der Waals surface area contributed by atoms with Crippen LogP contribution in [0, 0.1) is 5.82 Å². The molecule has 2 rings (SSSR count). The van der Waals surface area contributed by atoms with E-state index in [-0.39, 0.29) is 16.1 Å². The van der Waals surface area contributed by atoms with Gasteiger partial charge in [0, 0.05) is 12.1 Å². The van der Waals surface area contributed by atoms with Gasteiger partial charge in [0.1, 0.15) is 5.82 Å². The lowest BCUT2D eigenvalue weighted by Crippen LogP contribution is -2.50. The maximum Gasteiger partial charge on any atom is 0.240 e. The van der Waals surface area contributed by atoms with Gasteiger partial charge < -0.3 is 10.6 Å². The van der Waals surface area contributed by atoms with E-state index < -0.39 is 15.8 Å². The molecule has 0 heterocycles. The fourth-order valence-electron chi connectivity index (χ4n) is 2.80. The van der Waals surface area contributed by atoms with Crippen molar-refractivity contribution >= 4 is 15.7 Å². The van der Waals surface area contributed by atoms with Gasteiger partial charge in [-0.2, -0.15) is 0 Å². The second-order valence-corrected chi connectivity index (χ2v) is 7.60. The molecule has 1 fully saturated rings. The molecule has 1 aromatic carbocycles. The molecule has 0 atom stereocenters. The minimum Gasteiger partial charge on any atom is -0.396 e. The van der Waals surface area contributed by atoms with Crippen molar-refractivity contribution in [1.29, 1.82) is 0 Å². The Morgan fingerprint density at radius 3 is 2.48 bits per heavy atom. The zero-order valence-corrected chi connectivity index (χ0v) is 13.2. The quantitative estimate of drug-likeness (QED) is 0.809. The van der Waals surface area contributed by atoms with Crippen LogP contribution in [0.4, 0.5) is 10.1 Å². The third kappa shape index (κ3) is 3.36. The number of rotatable bonds is 5. The van der Waals surface area contributed by atoms with Crippen LogP contribution in [0.5, 0.6) is 0 Å². The van der Waals surface area contributed by atoms with E-state index in [1.165, 1.54) is 12.1 Å². The SMILES string of the molecule is CN(C)C1(CNS(=O)(=O)c2ccc(N)c(F)c2)CCCC1. The average Bonchev–Trinajstić information content (AvgIpc) is 2.90. The molecule has 1 saturated carbocycles. The van der Waals surface area contributed by atoms with Crippen LogP contribution in [0.3, 0.4) is 0 Å². The number of hydrogen-bond donors (Lipinski definition) is 2. The van der Waals surface area contributed by atoms with E-state index in [2.05, 4.69) is 9.62 Å². The normalized spacial score (nSPS) is 18.3. The van der Waals surface area contributed by atoms with Crippen LogP contribution in [0.15, 0.2) is 23.1 Å². The molecule has 1 aliphatic carbocycles. The minimum atomic E-state index is -3.73. The standard InChI is InChI=1S/C14H22FN3O2S/c1-18(2)14(7-3-4-8-14)10-17-21(19,20)11-5-6-13(16)12(15)9-11/h5-6,9,17H,3-4,7-8,10,16H2,1-2H3. The number of nitrogens with one attached hydrogen (secondary N) is 1. The van der Waals surface area contributed by atoms with Crippen molar-refractivity contribution in [3.63, 3.8) is 0 Å². The van der Waals surface area contributed by atoms with Crippen molar-refractivity contribution in [2.24, 2.45) is 0 Å². The van der Waals surface area contributed by atoms with E-state index in [1.54, 1.807) is 0 Å². The number of halogens is 1. The summed E-state index contributed by atoms with van der Waals surface area (Å²) in [5.41, 5.74) is 5.16. The van der Waals surface area contributed by atoms with Gasteiger partial charge in [0.25, 0.3) is 0 Å². The summed E-state index contributed by atoms with van der Waals surface area (Å²) in [6.45, 7) is 0.328. The first-order chi connectivity index (χ1) is 9.77. The Hall–Kier alpha value is -1.18. The topological polar surface area (TPSA) is 75.4 Å². The van der Waals surface area contributed by atoms with E-state index in [4.69, 9.17) is 5.73 Å². The van der Waals surface area contributed by atoms with Crippen molar-refractivity contribution < 1.29 is 12.8 Å². The van der Waals surface area contributed by atoms with Crippen LogP contribution < -0.4 is 10.5 Å². The largest absolute Gasteiger partial charge is 0.396 e. The minimum absolute atomic E-state index is 0.0606. The Morgan fingerprint density at radius 1 is 1.33 bits per heavy atom. The summed E-state index contributed by atoms with van der Waals surface area (Å²) < 4.78 is 40.6. The summed E-state index contributed by atoms with van der Waals surface area (Å²) in [6.07, 6.45) is 4.10. The number of nitrogen functional groups attached to an aromatic ring is 1. The molecule has 3 N–H and O–H groups in total. The number of hydrogen-bond acceptors (Lipinski definition) is 4. The first-order valence-electron chi connectivity index (χ1n) is 6.99. The number of benzene rings is 1. The van der Waals surface area contributed by atoms with Crippen molar-refractivity contribution in [3.8, 4) is 0 Å². The smallest absolute Gasteiger partial charge is 0.240 e. The number of nitrogens with two attached hydrogens (primary N) is 1. The van der Waals surface area contributed by atoms with Crippen LogP contribution in [-0.2, 0) is 10.0 Å². The van der Waals surface area contributed by atoms with Gasteiger partial charge in [-0.3, -0.25) is 0 Å². The highest BCUT2D eigenvalue weighted by molar-refractivity contribution is 7.89. The lowest BCUT2D eigenvalue weighted by atomic mass is 9.97. The predicted molar refractivity (Wildman–Crippen MR) is 80.9 cm³/mol. The summed E-state index contributed by atoms with van der Waals surface area (Å²) in [4.78, 5) is 1.98. The maximum atomic E-state index is 13.4. The Balaban J connectivity index is 2.15. The van der Waals surface area contributed by atoms with Gasteiger partial charge in [-0.1, -0.05) is 12.8 Å². The summed E-state index contributed by atoms with van der Waals surface area (Å²) >= 11 is 0. The Labute approximate surface area is 125 Å². The fourth-order valence-corrected chi connectivity index (χ4v) is 3.93. The molecule has 0 amide bonds. The molecule has 21 heavy (non-hydrogen) atoms. The number of nitrogens with zero attached hydrogens (tertiary/aromatic N) is 1. The predicted octanol–water partition coefficient (Wildman–Crippen LogP) is 1.56. The lowest BCUT2D eigenvalue weighted by molar-refractivity contribution is 0.162. The summed E-state index contributed by atoms with van der Waals surface area (Å²) in [6, 6.07) is 3.54. The van der Waals surface area contributed by atoms with Gasteiger partial charge in [0.05, 0.1) is 10.6 Å². The third-order valence-corrected chi connectivity index (χ3v) is 5.76. The molecule has 0 bridgehead atoms. The molecule has 0 spiro atoms. The molecule has 0 saturated heterocycles. The maximum absolute atomic E-state index is 13.4. The fraction of sp³-hybridized carbons (Fsp3) is 0.571. The molecule has 0 radical (unpaired) electrons. The molecule has 5 nitrogen and oxygen atoms in total. The molecule has 1 aromatic rings. The van der Waals surface area contributed by atoms with Crippen LogP contribution in [0.2, 0.25) is 0 Å². The van der Waals surface area contributed by atoms with E-state index in [9.17, 15) is 12.8 Å². The number of anilines is 1. The lowest BCUT2D eigenvalue weighted by Gasteiger charge is -2.36. The van der Waals surface area contributed by atoms with Gasteiger partial charge >= 0.3 is 0 Å². The number of sulfonamides is 1. The van der Waals surface area contributed by atoms with E-state index in [0.717, 1.165) is 31.7 Å². The van der Waals surface area contributed by atoms with Crippen molar-refractivity contribution in [3.05, 3.63) is 24.0 Å². The highest BCUT2D eigenvalue weighted by Gasteiger charge is 2.37. The van der Waals surface area contributed by atoms with Gasteiger partial charge in [0.15, 0.2) is 0 Å². The molecular weight excluding hydrogens is 293 g/mol. The highest BCUT2D eigenvalue weighted by atomic mass is 32.2. The van der Waals surface area contributed by atoms with Gasteiger partial charge in [-0.25, -0.2) is 17.5 Å². The zero-order chi connectivity index (χ0) is 15.7. The van der Waals surface area contributed by atoms with Gasteiger partial charge in [0.2, 0.25) is 10.0 Å². The van der Waals surface area contributed by atoms with Crippen molar-refractivity contribution in [1.82, 2.24) is 9.62 Å². The summed E-state index contributed by atoms with van der Waals surface area (Å²) in [5, 5.41) is 0. The monoisotopic (exact) mass is 315 g/mol. The highest BCUT2D eigenvalue weighted by Crippen LogP contribution is 2.33. The molecule has 0 aromatic heterocycles.